The second kappa shape index (κ2) is 5.10. The molecule has 0 amide bonds. The van der Waals surface area contributed by atoms with Crippen molar-refractivity contribution in [3.8, 4) is 0 Å². The molecule has 0 bridgehead atoms. The zero-order valence-electron chi connectivity index (χ0n) is 3.91. The van der Waals surface area contributed by atoms with Crippen LogP contribution in [0, 0.1) is 0 Å². The molecule has 0 spiro atoms. The van der Waals surface area contributed by atoms with Gasteiger partial charge in [-0.25, -0.2) is 4.99 Å². The van der Waals surface area contributed by atoms with Crippen LogP contribution in [0.15, 0.2) is 9.98 Å². The average molecular weight is 100 g/mol. The van der Waals surface area contributed by atoms with E-state index in [0.29, 0.717) is 0 Å². The molecular formula is C3H8N4. The van der Waals surface area contributed by atoms with Gasteiger partial charge in [-0.1, -0.05) is 0 Å². The molecule has 4 heteroatoms. The normalized spacial score (nSPS) is 11.6. The second-order valence-electron chi connectivity index (χ2n) is 0.779. The van der Waals surface area contributed by atoms with Crippen molar-refractivity contribution < 1.29 is 0 Å². The summed E-state index contributed by atoms with van der Waals surface area (Å²) >= 11 is 0. The van der Waals surface area contributed by atoms with Crippen molar-refractivity contribution in [2.24, 2.45) is 21.5 Å². The third-order valence-electron chi connectivity index (χ3n) is 0.340. The first kappa shape index (κ1) is 6.10. The molecule has 0 aromatic rings. The molecular weight excluding hydrogens is 92.1 g/mol. The smallest absolute Gasteiger partial charge is 0.113 e. The Kier molecular flexibility index (Phi) is 4.44. The molecule has 0 unspecified atom stereocenters. The number of nitrogens with two attached hydrogens (primary N) is 2. The molecule has 0 aliphatic carbocycles. The Labute approximate surface area is 41.9 Å². The molecule has 0 aliphatic heterocycles. The first-order valence-corrected chi connectivity index (χ1v) is 1.83. The quantitative estimate of drug-likeness (QED) is 0.342. The van der Waals surface area contributed by atoms with Gasteiger partial charge in [0.05, 0.1) is 13.0 Å². The maximum absolute atomic E-state index is 4.96. The van der Waals surface area contributed by atoms with E-state index in [9.17, 15) is 0 Å². The Morgan fingerprint density at radius 3 is 2.71 bits per heavy atom. The number of nitrogens with zero attached hydrogens (tertiary/aromatic N) is 2. The topological polar surface area (TPSA) is 76.8 Å². The minimum atomic E-state index is 0.261. The number of hydrogen-bond donors (Lipinski definition) is 2. The molecule has 4 nitrogen and oxygen atoms in total. The highest BCUT2D eigenvalue weighted by Gasteiger charge is 1.56. The summed E-state index contributed by atoms with van der Waals surface area (Å²) < 4.78 is 0. The van der Waals surface area contributed by atoms with Crippen LogP contribution in [0.3, 0.4) is 0 Å². The largest absolute Gasteiger partial charge is 0.390 e. The lowest BCUT2D eigenvalue weighted by Crippen LogP contribution is -1.94. The molecule has 0 saturated heterocycles. The Morgan fingerprint density at radius 2 is 2.29 bits per heavy atom. The van der Waals surface area contributed by atoms with Crippen LogP contribution in [0.2, 0.25) is 0 Å². The van der Waals surface area contributed by atoms with E-state index in [1.54, 1.807) is 0 Å². The van der Waals surface area contributed by atoms with Crippen LogP contribution in [0.25, 0.3) is 0 Å². The first-order valence-electron chi connectivity index (χ1n) is 1.83. The van der Waals surface area contributed by atoms with Crippen LogP contribution >= 0.6 is 0 Å². The van der Waals surface area contributed by atoms with E-state index in [4.69, 9.17) is 11.5 Å². The van der Waals surface area contributed by atoms with Crippen molar-refractivity contribution in [2.45, 2.75) is 0 Å². The highest BCUT2D eigenvalue weighted by molar-refractivity contribution is 5.69. The summed E-state index contributed by atoms with van der Waals surface area (Å²) in [6, 6.07) is 0. The van der Waals surface area contributed by atoms with Crippen molar-refractivity contribution >= 4 is 12.7 Å². The van der Waals surface area contributed by atoms with Crippen LogP contribution < -0.4 is 11.5 Å². The maximum atomic E-state index is 4.96. The van der Waals surface area contributed by atoms with Gasteiger partial charge in [0.25, 0.3) is 0 Å². The first-order chi connectivity index (χ1) is 3.41. The lowest BCUT2D eigenvalue weighted by Gasteiger charge is -1.73. The molecule has 7 heavy (non-hydrogen) atoms. The number of aliphatic imine (C=N–C) groups is 2. The summed E-state index contributed by atoms with van der Waals surface area (Å²) in [7, 11) is 0. The van der Waals surface area contributed by atoms with Crippen LogP contribution in [0.4, 0.5) is 0 Å². The van der Waals surface area contributed by atoms with Gasteiger partial charge in [0, 0.05) is 0 Å². The average Bonchev–Trinajstić information content (AvgIpc) is 1.69. The third kappa shape index (κ3) is 5.10. The van der Waals surface area contributed by atoms with E-state index in [1.807, 2.05) is 0 Å². The molecule has 0 aromatic heterocycles. The fourth-order valence-electron chi connectivity index (χ4n) is 0.133. The van der Waals surface area contributed by atoms with Crippen molar-refractivity contribution in [1.82, 2.24) is 0 Å². The van der Waals surface area contributed by atoms with Gasteiger partial charge in [-0.2, -0.15) is 0 Å². The lowest BCUT2D eigenvalue weighted by atomic mass is 11.1. The molecule has 0 fully saturated rings. The zero-order chi connectivity index (χ0) is 5.54. The number of hydrogen-bond acceptors (Lipinski definition) is 2. The van der Waals surface area contributed by atoms with E-state index in [2.05, 4.69) is 9.98 Å². The van der Waals surface area contributed by atoms with Gasteiger partial charge >= 0.3 is 0 Å². The summed E-state index contributed by atoms with van der Waals surface area (Å²) in [4.78, 5) is 6.98. The molecule has 0 rings (SSSR count). The summed E-state index contributed by atoms with van der Waals surface area (Å²) in [5, 5.41) is 0. The van der Waals surface area contributed by atoms with Crippen molar-refractivity contribution in [1.29, 1.82) is 0 Å². The molecule has 4 N–H and O–H groups in total. The lowest BCUT2D eigenvalue weighted by molar-refractivity contribution is 1.07. The van der Waals surface area contributed by atoms with E-state index in [0.717, 1.165) is 6.34 Å². The minimum absolute atomic E-state index is 0.261. The van der Waals surface area contributed by atoms with E-state index < -0.39 is 0 Å². The fraction of sp³-hybridized carbons (Fsp3) is 0.333. The maximum Gasteiger partial charge on any atom is 0.113 e. The Morgan fingerprint density at radius 1 is 1.57 bits per heavy atom. The highest BCUT2D eigenvalue weighted by atomic mass is 14.9. The third-order valence-corrected chi connectivity index (χ3v) is 0.340. The monoisotopic (exact) mass is 100 g/mol. The molecule has 0 aromatic carbocycles. The predicted octanol–water partition coefficient (Wildman–Crippen LogP) is -1.08. The van der Waals surface area contributed by atoms with Crippen LogP contribution in [0.5, 0.6) is 0 Å². The van der Waals surface area contributed by atoms with E-state index >= 15 is 0 Å². The highest BCUT2D eigenvalue weighted by Crippen LogP contribution is 1.54. The van der Waals surface area contributed by atoms with Crippen molar-refractivity contribution in [3.63, 3.8) is 0 Å². The van der Waals surface area contributed by atoms with Crippen molar-refractivity contribution in [3.05, 3.63) is 0 Å². The van der Waals surface area contributed by atoms with Gasteiger partial charge in [0.2, 0.25) is 0 Å². The van der Waals surface area contributed by atoms with E-state index in [-0.39, 0.29) is 6.67 Å². The fourth-order valence-corrected chi connectivity index (χ4v) is 0.133. The SMILES string of the molecule is NC=NC=NCN. The van der Waals surface area contributed by atoms with Gasteiger partial charge in [-0.3, -0.25) is 4.99 Å². The summed E-state index contributed by atoms with van der Waals surface area (Å²) in [6.45, 7) is 0.261. The Balaban J connectivity index is 3.09. The van der Waals surface area contributed by atoms with Crippen LogP contribution in [0.1, 0.15) is 0 Å². The van der Waals surface area contributed by atoms with Gasteiger partial charge in [-0.05, 0) is 0 Å². The predicted molar refractivity (Wildman–Crippen MR) is 30.2 cm³/mol. The van der Waals surface area contributed by atoms with Gasteiger partial charge in [0.1, 0.15) is 6.34 Å². The molecule has 0 heterocycles. The summed E-state index contributed by atoms with van der Waals surface area (Å²) in [5.74, 6) is 0. The Bertz CT molecular complexity index is 75.0. The summed E-state index contributed by atoms with van der Waals surface area (Å²) in [5.41, 5.74) is 9.80. The zero-order valence-corrected chi connectivity index (χ0v) is 3.91. The summed E-state index contributed by atoms with van der Waals surface area (Å²) in [6.07, 6.45) is 2.46. The molecule has 0 saturated carbocycles. The molecule has 0 aliphatic rings. The standard InChI is InChI=1S/C3H8N4/c4-1-6-3-7-2-5/h1,3H,2,5H2,(H2,4,6,7). The molecule has 0 radical (unpaired) electrons. The van der Waals surface area contributed by atoms with Gasteiger partial charge in [0.15, 0.2) is 0 Å². The van der Waals surface area contributed by atoms with E-state index in [1.165, 1.54) is 6.34 Å². The molecule has 0 atom stereocenters. The van der Waals surface area contributed by atoms with Gasteiger partial charge < -0.3 is 11.5 Å². The molecule has 40 valence electrons. The van der Waals surface area contributed by atoms with Crippen molar-refractivity contribution in [2.75, 3.05) is 6.67 Å². The Hall–Kier alpha value is -0.900. The van der Waals surface area contributed by atoms with Crippen LogP contribution in [-0.2, 0) is 0 Å². The van der Waals surface area contributed by atoms with Gasteiger partial charge in [-0.15, -0.1) is 0 Å². The minimum Gasteiger partial charge on any atom is -0.390 e. The second-order valence-corrected chi connectivity index (χ2v) is 0.779. The van der Waals surface area contributed by atoms with Crippen LogP contribution in [-0.4, -0.2) is 19.3 Å². The number of rotatable bonds is 2.